The van der Waals surface area contributed by atoms with Crippen LogP contribution in [-0.4, -0.2) is 43.8 Å². The Labute approximate surface area is 130 Å². The first-order valence-corrected chi connectivity index (χ1v) is 7.44. The third kappa shape index (κ3) is 4.46. The Kier molecular flexibility index (Phi) is 5.03. The molecule has 6 heteroatoms. The number of amides is 2. The summed E-state index contributed by atoms with van der Waals surface area (Å²) < 4.78 is 4.91. The van der Waals surface area contributed by atoms with Crippen LogP contribution < -0.4 is 15.5 Å². The maximum atomic E-state index is 12.1. The fraction of sp³-hybridized carbons (Fsp3) is 0.500. The molecule has 0 radical (unpaired) electrons. The highest BCUT2D eigenvalue weighted by molar-refractivity contribution is 5.97. The molecule has 0 aromatic heterocycles. The lowest BCUT2D eigenvalue weighted by Gasteiger charge is -2.20. The van der Waals surface area contributed by atoms with Crippen molar-refractivity contribution in [1.82, 2.24) is 10.6 Å². The van der Waals surface area contributed by atoms with Gasteiger partial charge in [0.1, 0.15) is 6.61 Å². The van der Waals surface area contributed by atoms with Gasteiger partial charge in [-0.2, -0.15) is 0 Å². The van der Waals surface area contributed by atoms with E-state index in [1.165, 1.54) is 4.90 Å². The van der Waals surface area contributed by atoms with Gasteiger partial charge in [0.15, 0.2) is 0 Å². The Morgan fingerprint density at radius 1 is 1.32 bits per heavy atom. The molecule has 2 N–H and O–H groups in total. The van der Waals surface area contributed by atoms with Gasteiger partial charge >= 0.3 is 6.09 Å². The molecule has 0 aliphatic carbocycles. The molecular formula is C16H23N3O3. The Morgan fingerprint density at radius 2 is 2.09 bits per heavy atom. The van der Waals surface area contributed by atoms with Crippen molar-refractivity contribution in [2.24, 2.45) is 0 Å². The molecule has 1 aliphatic rings. The first-order chi connectivity index (χ1) is 10.4. The van der Waals surface area contributed by atoms with E-state index in [0.29, 0.717) is 37.5 Å². The smallest absolute Gasteiger partial charge is 0.414 e. The Morgan fingerprint density at radius 3 is 2.73 bits per heavy atom. The van der Waals surface area contributed by atoms with Gasteiger partial charge in [-0.1, -0.05) is 6.07 Å². The molecule has 6 nitrogen and oxygen atoms in total. The van der Waals surface area contributed by atoms with E-state index in [4.69, 9.17) is 4.74 Å². The molecule has 0 bridgehead atoms. The second-order valence-electron chi connectivity index (χ2n) is 6.25. The van der Waals surface area contributed by atoms with Crippen LogP contribution in [0.1, 0.15) is 31.1 Å². The average molecular weight is 305 g/mol. The lowest BCUT2D eigenvalue weighted by Crippen LogP contribution is -2.41. The largest absolute Gasteiger partial charge is 0.447 e. The Hall–Kier alpha value is -2.08. The molecule has 1 saturated heterocycles. The summed E-state index contributed by atoms with van der Waals surface area (Å²) in [6.07, 6.45) is -0.369. The molecular weight excluding hydrogens is 282 g/mol. The summed E-state index contributed by atoms with van der Waals surface area (Å²) in [5.41, 5.74) is 1.25. The number of carbonyl (C=O) groups is 2. The summed E-state index contributed by atoms with van der Waals surface area (Å²) in [6, 6.07) is 7.00. The third-order valence-electron chi connectivity index (χ3n) is 3.25. The lowest BCUT2D eigenvalue weighted by molar-refractivity contribution is 0.0953. The highest BCUT2D eigenvalue weighted by atomic mass is 16.6. The summed E-state index contributed by atoms with van der Waals surface area (Å²) >= 11 is 0. The monoisotopic (exact) mass is 305 g/mol. The molecule has 1 fully saturated rings. The molecule has 1 aromatic rings. The predicted octanol–water partition coefficient (Wildman–Crippen LogP) is 1.76. The van der Waals surface area contributed by atoms with E-state index in [2.05, 4.69) is 31.4 Å². The van der Waals surface area contributed by atoms with Crippen LogP contribution in [0.15, 0.2) is 24.3 Å². The molecule has 1 aliphatic heterocycles. The quantitative estimate of drug-likeness (QED) is 0.813. The second kappa shape index (κ2) is 6.79. The van der Waals surface area contributed by atoms with E-state index in [9.17, 15) is 9.59 Å². The summed E-state index contributed by atoms with van der Waals surface area (Å²) in [5, 5.41) is 6.17. The first-order valence-electron chi connectivity index (χ1n) is 7.44. The third-order valence-corrected chi connectivity index (χ3v) is 3.25. The van der Waals surface area contributed by atoms with Gasteiger partial charge in [0.2, 0.25) is 0 Å². The van der Waals surface area contributed by atoms with Crippen molar-refractivity contribution in [3.05, 3.63) is 29.8 Å². The zero-order chi connectivity index (χ0) is 16.2. The molecule has 22 heavy (non-hydrogen) atoms. The number of ether oxygens (including phenoxy) is 1. The van der Waals surface area contributed by atoms with E-state index in [-0.39, 0.29) is 17.5 Å². The Bertz CT molecular complexity index is 552. The summed E-state index contributed by atoms with van der Waals surface area (Å²) in [6.45, 7) is 8.38. The number of rotatable bonds is 5. The minimum Gasteiger partial charge on any atom is -0.447 e. The average Bonchev–Trinajstić information content (AvgIpc) is 2.89. The Balaban J connectivity index is 1.91. The van der Waals surface area contributed by atoms with Gasteiger partial charge in [-0.15, -0.1) is 0 Å². The first kappa shape index (κ1) is 16.3. The van der Waals surface area contributed by atoms with Gasteiger partial charge in [0.05, 0.1) is 6.54 Å². The van der Waals surface area contributed by atoms with Crippen molar-refractivity contribution >= 4 is 17.7 Å². The van der Waals surface area contributed by atoms with Crippen LogP contribution in [0.3, 0.4) is 0 Å². The summed E-state index contributed by atoms with van der Waals surface area (Å²) in [5.74, 6) is -0.148. The van der Waals surface area contributed by atoms with Crippen molar-refractivity contribution in [3.8, 4) is 0 Å². The van der Waals surface area contributed by atoms with E-state index in [1.807, 2.05) is 0 Å². The highest BCUT2D eigenvalue weighted by Crippen LogP contribution is 2.19. The topological polar surface area (TPSA) is 70.7 Å². The standard InChI is InChI=1S/C16H23N3O3/c1-16(2,3)18-8-7-17-14(20)12-5-4-6-13(11-12)19-9-10-22-15(19)21/h4-6,11,18H,7-10H2,1-3H3,(H,17,20). The SMILES string of the molecule is CC(C)(C)NCCNC(=O)c1cccc(N2CCOC2=O)c1. The number of nitrogens with one attached hydrogen (secondary N) is 2. The molecule has 0 spiro atoms. The fourth-order valence-electron chi connectivity index (χ4n) is 2.16. The normalized spacial score (nSPS) is 14.9. The van der Waals surface area contributed by atoms with Gasteiger partial charge in [-0.3, -0.25) is 9.69 Å². The number of benzene rings is 1. The van der Waals surface area contributed by atoms with Crippen molar-refractivity contribution < 1.29 is 14.3 Å². The number of nitrogens with zero attached hydrogens (tertiary/aromatic N) is 1. The van der Waals surface area contributed by atoms with Crippen molar-refractivity contribution in [2.45, 2.75) is 26.3 Å². The van der Waals surface area contributed by atoms with Crippen LogP contribution in [-0.2, 0) is 4.74 Å². The van der Waals surface area contributed by atoms with E-state index < -0.39 is 0 Å². The van der Waals surface area contributed by atoms with Gasteiger partial charge in [0, 0.05) is 29.9 Å². The molecule has 2 rings (SSSR count). The van der Waals surface area contributed by atoms with Gasteiger partial charge in [-0.05, 0) is 39.0 Å². The van der Waals surface area contributed by atoms with Crippen molar-refractivity contribution in [2.75, 3.05) is 31.1 Å². The molecule has 1 aromatic carbocycles. The molecule has 1 heterocycles. The van der Waals surface area contributed by atoms with Crippen LogP contribution in [0.2, 0.25) is 0 Å². The molecule has 120 valence electrons. The van der Waals surface area contributed by atoms with Gasteiger partial charge in [0.25, 0.3) is 5.91 Å². The van der Waals surface area contributed by atoms with Crippen LogP contribution in [0, 0.1) is 0 Å². The predicted molar refractivity (Wildman–Crippen MR) is 85.2 cm³/mol. The summed E-state index contributed by atoms with van der Waals surface area (Å²) in [7, 11) is 0. The van der Waals surface area contributed by atoms with E-state index in [0.717, 1.165) is 0 Å². The van der Waals surface area contributed by atoms with E-state index in [1.54, 1.807) is 24.3 Å². The number of hydrogen-bond acceptors (Lipinski definition) is 4. The minimum absolute atomic E-state index is 0.0285. The van der Waals surface area contributed by atoms with Gasteiger partial charge < -0.3 is 15.4 Å². The van der Waals surface area contributed by atoms with Crippen molar-refractivity contribution in [1.29, 1.82) is 0 Å². The molecule has 0 atom stereocenters. The molecule has 0 unspecified atom stereocenters. The number of carbonyl (C=O) groups excluding carboxylic acids is 2. The highest BCUT2D eigenvalue weighted by Gasteiger charge is 2.24. The van der Waals surface area contributed by atoms with Crippen molar-refractivity contribution in [3.63, 3.8) is 0 Å². The van der Waals surface area contributed by atoms with E-state index >= 15 is 0 Å². The zero-order valence-corrected chi connectivity index (χ0v) is 13.3. The van der Waals surface area contributed by atoms with Crippen LogP contribution in [0.5, 0.6) is 0 Å². The molecule has 2 amide bonds. The maximum Gasteiger partial charge on any atom is 0.414 e. The number of anilines is 1. The minimum atomic E-state index is -0.369. The van der Waals surface area contributed by atoms with Crippen LogP contribution in [0.4, 0.5) is 10.5 Å². The second-order valence-corrected chi connectivity index (χ2v) is 6.25. The molecule has 0 saturated carbocycles. The van der Waals surface area contributed by atoms with Crippen LogP contribution in [0.25, 0.3) is 0 Å². The fourth-order valence-corrected chi connectivity index (χ4v) is 2.16. The number of hydrogen-bond donors (Lipinski definition) is 2. The summed E-state index contributed by atoms with van der Waals surface area (Å²) in [4.78, 5) is 25.2. The zero-order valence-electron chi connectivity index (χ0n) is 13.3. The maximum absolute atomic E-state index is 12.1. The lowest BCUT2D eigenvalue weighted by atomic mass is 10.1. The van der Waals surface area contributed by atoms with Gasteiger partial charge in [-0.25, -0.2) is 4.79 Å². The number of cyclic esters (lactones) is 1. The van der Waals surface area contributed by atoms with Crippen LogP contribution >= 0.6 is 0 Å².